The summed E-state index contributed by atoms with van der Waals surface area (Å²) in [7, 11) is 1.59. The number of hydrogen-bond donors (Lipinski definition) is 1. The molecule has 0 aliphatic rings. The SMILES string of the molecule is CCOC(=O)Cc1ccc(OC)c(-c2ccc(C(C)(C)O)cc2CN(CC)C(=O)OCc2ccccc2)c1. The predicted octanol–water partition coefficient (Wildman–Crippen LogP) is 5.85. The third kappa shape index (κ3) is 7.59. The summed E-state index contributed by atoms with van der Waals surface area (Å²) < 4.78 is 16.4. The number of hydrogen-bond acceptors (Lipinski definition) is 6. The van der Waals surface area contributed by atoms with Crippen LogP contribution in [0, 0.1) is 0 Å². The number of esters is 1. The molecule has 0 atom stereocenters. The van der Waals surface area contributed by atoms with Gasteiger partial charge in [0.25, 0.3) is 0 Å². The summed E-state index contributed by atoms with van der Waals surface area (Å²) in [6, 6.07) is 20.8. The lowest BCUT2D eigenvalue weighted by Gasteiger charge is -2.25. The van der Waals surface area contributed by atoms with Crippen LogP contribution in [0.5, 0.6) is 5.75 Å². The van der Waals surface area contributed by atoms with Crippen LogP contribution in [-0.4, -0.2) is 42.3 Å². The highest BCUT2D eigenvalue weighted by atomic mass is 16.6. The Morgan fingerprint density at radius 3 is 2.26 bits per heavy atom. The molecule has 1 amide bonds. The van der Waals surface area contributed by atoms with Crippen molar-refractivity contribution in [2.75, 3.05) is 20.3 Å². The molecular weight excluding hydrogens is 482 g/mol. The van der Waals surface area contributed by atoms with E-state index in [1.807, 2.05) is 73.7 Å². The smallest absolute Gasteiger partial charge is 0.410 e. The first-order valence-corrected chi connectivity index (χ1v) is 12.8. The maximum absolute atomic E-state index is 13.0. The molecule has 0 saturated carbocycles. The van der Waals surface area contributed by atoms with Gasteiger partial charge in [0.15, 0.2) is 0 Å². The standard InChI is InChI=1S/C31H37NO6/c1-6-32(30(34)38-21-22-11-9-8-10-12-22)20-24-19-25(31(3,4)35)14-15-26(24)27-17-23(13-16-28(27)36-5)18-29(33)37-7-2/h8-17,19,35H,6-7,18,20-21H2,1-5H3. The summed E-state index contributed by atoms with van der Waals surface area (Å²) >= 11 is 0. The lowest BCUT2D eigenvalue weighted by atomic mass is 9.90. The van der Waals surface area contributed by atoms with Gasteiger partial charge in [-0.25, -0.2) is 4.79 Å². The van der Waals surface area contributed by atoms with E-state index >= 15 is 0 Å². The molecule has 0 radical (unpaired) electrons. The van der Waals surface area contributed by atoms with E-state index in [1.54, 1.807) is 32.8 Å². The van der Waals surface area contributed by atoms with Crippen LogP contribution in [0.2, 0.25) is 0 Å². The number of ether oxygens (including phenoxy) is 3. The molecule has 0 fully saturated rings. The molecule has 0 bridgehead atoms. The van der Waals surface area contributed by atoms with Crippen molar-refractivity contribution in [2.45, 2.75) is 52.9 Å². The highest BCUT2D eigenvalue weighted by Gasteiger charge is 2.22. The molecule has 1 N–H and O–H groups in total. The van der Waals surface area contributed by atoms with Crippen molar-refractivity contribution in [3.63, 3.8) is 0 Å². The quantitative estimate of drug-likeness (QED) is 0.320. The lowest BCUT2D eigenvalue weighted by molar-refractivity contribution is -0.142. The number of aliphatic hydroxyl groups is 1. The Balaban J connectivity index is 1.98. The summed E-state index contributed by atoms with van der Waals surface area (Å²) in [5.74, 6) is 0.323. The van der Waals surface area contributed by atoms with E-state index in [4.69, 9.17) is 14.2 Å². The van der Waals surface area contributed by atoms with E-state index < -0.39 is 11.7 Å². The normalized spacial score (nSPS) is 11.1. The zero-order valence-corrected chi connectivity index (χ0v) is 22.8. The Morgan fingerprint density at radius 2 is 1.63 bits per heavy atom. The van der Waals surface area contributed by atoms with Crippen molar-refractivity contribution in [3.8, 4) is 16.9 Å². The first-order chi connectivity index (χ1) is 18.2. The predicted molar refractivity (Wildman–Crippen MR) is 147 cm³/mol. The van der Waals surface area contributed by atoms with Crippen LogP contribution in [0.15, 0.2) is 66.7 Å². The second-order valence-corrected chi connectivity index (χ2v) is 9.50. The van der Waals surface area contributed by atoms with Crippen molar-refractivity contribution in [2.24, 2.45) is 0 Å². The zero-order valence-electron chi connectivity index (χ0n) is 22.8. The molecule has 3 aromatic carbocycles. The summed E-state index contributed by atoms with van der Waals surface area (Å²) in [6.45, 7) is 8.29. The molecule has 0 aliphatic heterocycles. The third-order valence-electron chi connectivity index (χ3n) is 6.23. The number of rotatable bonds is 11. The van der Waals surface area contributed by atoms with Crippen LogP contribution in [-0.2, 0) is 39.4 Å². The van der Waals surface area contributed by atoms with E-state index in [2.05, 4.69) is 0 Å². The monoisotopic (exact) mass is 519 g/mol. The number of nitrogens with zero attached hydrogens (tertiary/aromatic N) is 1. The van der Waals surface area contributed by atoms with Gasteiger partial charge in [-0.3, -0.25) is 4.79 Å². The van der Waals surface area contributed by atoms with Crippen LogP contribution in [0.25, 0.3) is 11.1 Å². The van der Waals surface area contributed by atoms with Crippen LogP contribution < -0.4 is 4.74 Å². The van der Waals surface area contributed by atoms with Crippen molar-refractivity contribution < 1.29 is 28.9 Å². The van der Waals surface area contributed by atoms with E-state index in [0.29, 0.717) is 24.5 Å². The molecule has 0 spiro atoms. The summed E-state index contributed by atoms with van der Waals surface area (Å²) in [5, 5.41) is 10.7. The average molecular weight is 520 g/mol. The second-order valence-electron chi connectivity index (χ2n) is 9.50. The van der Waals surface area contributed by atoms with Crippen molar-refractivity contribution in [1.82, 2.24) is 4.90 Å². The number of carbonyl (C=O) groups excluding carboxylic acids is 2. The zero-order chi connectivity index (χ0) is 27.7. The van der Waals surface area contributed by atoms with Gasteiger partial charge in [0.2, 0.25) is 0 Å². The highest BCUT2D eigenvalue weighted by Crippen LogP contribution is 2.36. The molecule has 3 rings (SSSR count). The molecule has 0 aromatic heterocycles. The van der Waals surface area contributed by atoms with Gasteiger partial charge >= 0.3 is 12.1 Å². The molecule has 0 heterocycles. The molecule has 7 heteroatoms. The summed E-state index contributed by atoms with van der Waals surface area (Å²) in [5.41, 5.74) is 3.75. The maximum atomic E-state index is 13.0. The second kappa shape index (κ2) is 13.1. The molecule has 0 saturated heterocycles. The number of carbonyl (C=O) groups is 2. The van der Waals surface area contributed by atoms with Crippen LogP contribution >= 0.6 is 0 Å². The van der Waals surface area contributed by atoms with Gasteiger partial charge in [0, 0.05) is 18.7 Å². The minimum Gasteiger partial charge on any atom is -0.496 e. The van der Waals surface area contributed by atoms with Gasteiger partial charge in [-0.2, -0.15) is 0 Å². The fraction of sp³-hybridized carbons (Fsp3) is 0.355. The Bertz CT molecular complexity index is 1230. The molecule has 0 unspecified atom stereocenters. The van der Waals surface area contributed by atoms with Crippen molar-refractivity contribution in [3.05, 3.63) is 89.0 Å². The fourth-order valence-corrected chi connectivity index (χ4v) is 4.14. The number of methoxy groups -OCH3 is 1. The van der Waals surface area contributed by atoms with E-state index in [9.17, 15) is 14.7 Å². The Morgan fingerprint density at radius 1 is 0.895 bits per heavy atom. The van der Waals surface area contributed by atoms with Crippen molar-refractivity contribution in [1.29, 1.82) is 0 Å². The Hall–Kier alpha value is -3.84. The van der Waals surface area contributed by atoms with E-state index in [0.717, 1.165) is 27.8 Å². The van der Waals surface area contributed by atoms with Gasteiger partial charge in [0.1, 0.15) is 12.4 Å². The van der Waals surface area contributed by atoms with Crippen LogP contribution in [0.4, 0.5) is 4.79 Å². The van der Waals surface area contributed by atoms with E-state index in [-0.39, 0.29) is 25.5 Å². The molecule has 202 valence electrons. The first kappa shape index (κ1) is 28.7. The molecule has 38 heavy (non-hydrogen) atoms. The third-order valence-corrected chi connectivity index (χ3v) is 6.23. The molecule has 3 aromatic rings. The average Bonchev–Trinajstić information content (AvgIpc) is 2.90. The van der Waals surface area contributed by atoms with Crippen molar-refractivity contribution >= 4 is 12.1 Å². The minimum atomic E-state index is -1.08. The molecular formula is C31H37NO6. The fourth-order valence-electron chi connectivity index (χ4n) is 4.14. The first-order valence-electron chi connectivity index (χ1n) is 12.8. The largest absolute Gasteiger partial charge is 0.496 e. The number of amides is 1. The van der Waals surface area contributed by atoms with E-state index in [1.165, 1.54) is 0 Å². The van der Waals surface area contributed by atoms with Gasteiger partial charge in [0.05, 0.1) is 25.7 Å². The van der Waals surface area contributed by atoms with Crippen LogP contribution in [0.1, 0.15) is 49.9 Å². The molecule has 7 nitrogen and oxygen atoms in total. The Kier molecular flexibility index (Phi) is 9.91. The maximum Gasteiger partial charge on any atom is 0.410 e. The van der Waals surface area contributed by atoms with Gasteiger partial charge in [-0.05, 0) is 67.6 Å². The van der Waals surface area contributed by atoms with Gasteiger partial charge < -0.3 is 24.2 Å². The minimum absolute atomic E-state index is 0.134. The Labute approximate surface area is 225 Å². The van der Waals surface area contributed by atoms with Gasteiger partial charge in [-0.15, -0.1) is 0 Å². The highest BCUT2D eigenvalue weighted by molar-refractivity contribution is 5.78. The van der Waals surface area contributed by atoms with Crippen LogP contribution in [0.3, 0.4) is 0 Å². The topological polar surface area (TPSA) is 85.3 Å². The summed E-state index contributed by atoms with van der Waals surface area (Å²) in [6.07, 6.45) is -0.298. The number of benzene rings is 3. The summed E-state index contributed by atoms with van der Waals surface area (Å²) in [4.78, 5) is 26.8. The van der Waals surface area contributed by atoms with Gasteiger partial charge in [-0.1, -0.05) is 54.6 Å². The molecule has 0 aliphatic carbocycles. The lowest BCUT2D eigenvalue weighted by Crippen LogP contribution is -2.31.